The van der Waals surface area contributed by atoms with E-state index in [1.165, 1.54) is 16.9 Å². The third-order valence-electron chi connectivity index (χ3n) is 4.10. The summed E-state index contributed by atoms with van der Waals surface area (Å²) in [6, 6.07) is 11.8. The van der Waals surface area contributed by atoms with Crippen molar-refractivity contribution in [2.45, 2.75) is 39.0 Å². The molecule has 0 unspecified atom stereocenters. The summed E-state index contributed by atoms with van der Waals surface area (Å²) in [5.74, 6) is -0.477. The van der Waals surface area contributed by atoms with Gasteiger partial charge in [-0.1, -0.05) is 44.2 Å². The summed E-state index contributed by atoms with van der Waals surface area (Å²) in [5.41, 5.74) is 2.43. The Bertz CT molecular complexity index is 751. The molecule has 0 saturated carbocycles. The minimum atomic E-state index is -0.542. The Kier molecular flexibility index (Phi) is 8.20. The van der Waals surface area contributed by atoms with Gasteiger partial charge in [0.25, 0.3) is 5.91 Å². The van der Waals surface area contributed by atoms with E-state index in [0.717, 1.165) is 5.56 Å². The largest absolute Gasteiger partial charge is 0.456 e. The minimum Gasteiger partial charge on any atom is -0.456 e. The van der Waals surface area contributed by atoms with Crippen LogP contribution in [0.1, 0.15) is 53.4 Å². The zero-order chi connectivity index (χ0) is 19.6. The average Bonchev–Trinajstić information content (AvgIpc) is 3.19. The van der Waals surface area contributed by atoms with Crippen molar-refractivity contribution in [2.75, 3.05) is 13.2 Å². The van der Waals surface area contributed by atoms with Crippen LogP contribution in [0.4, 0.5) is 0 Å². The first kappa shape index (κ1) is 20.8. The molecule has 0 fully saturated rings. The van der Waals surface area contributed by atoms with Crippen LogP contribution >= 0.6 is 11.3 Å². The highest BCUT2D eigenvalue weighted by molar-refractivity contribution is 7.12. The molecule has 0 aliphatic heterocycles. The standard InChI is InChI=1S/C21H25NO4S/c1-15(2)17-7-5-16(6-8-17)11-12-22-20(24)14-26-21(25)10-9-18(23)19-4-3-13-27-19/h3-8,13,15H,9-12,14H2,1-2H3,(H,22,24). The molecule has 1 aromatic carbocycles. The summed E-state index contributed by atoms with van der Waals surface area (Å²) >= 11 is 1.34. The number of carbonyl (C=O) groups is 3. The van der Waals surface area contributed by atoms with Crippen LogP contribution < -0.4 is 5.32 Å². The molecule has 1 N–H and O–H groups in total. The molecule has 1 aromatic heterocycles. The molecule has 27 heavy (non-hydrogen) atoms. The lowest BCUT2D eigenvalue weighted by molar-refractivity contribution is -0.148. The number of esters is 1. The number of nitrogens with one attached hydrogen (secondary N) is 1. The number of ether oxygens (including phenoxy) is 1. The summed E-state index contributed by atoms with van der Waals surface area (Å²) in [7, 11) is 0. The molecule has 144 valence electrons. The molecule has 1 heterocycles. The fourth-order valence-electron chi connectivity index (χ4n) is 2.46. The van der Waals surface area contributed by atoms with Gasteiger partial charge in [-0.2, -0.15) is 0 Å². The molecule has 2 aromatic rings. The predicted octanol–water partition coefficient (Wildman–Crippen LogP) is 3.74. The van der Waals surface area contributed by atoms with E-state index >= 15 is 0 Å². The van der Waals surface area contributed by atoms with Gasteiger partial charge in [0.1, 0.15) is 0 Å². The van der Waals surface area contributed by atoms with Crippen LogP contribution in [0.15, 0.2) is 41.8 Å². The quantitative estimate of drug-likeness (QED) is 0.498. The van der Waals surface area contributed by atoms with Gasteiger partial charge < -0.3 is 10.1 Å². The SMILES string of the molecule is CC(C)c1ccc(CCNC(=O)COC(=O)CCC(=O)c2cccs2)cc1. The number of amides is 1. The maximum absolute atomic E-state index is 11.8. The Balaban J connectivity index is 1.60. The number of Topliss-reactive ketones (excluding diaryl/α,β-unsaturated/α-hetero) is 1. The van der Waals surface area contributed by atoms with Crippen LogP contribution in [0.2, 0.25) is 0 Å². The number of rotatable bonds is 10. The van der Waals surface area contributed by atoms with Gasteiger partial charge in [0.2, 0.25) is 0 Å². The number of hydrogen-bond acceptors (Lipinski definition) is 5. The molecule has 5 nitrogen and oxygen atoms in total. The van der Waals surface area contributed by atoms with Gasteiger partial charge >= 0.3 is 5.97 Å². The second-order valence-electron chi connectivity index (χ2n) is 6.56. The van der Waals surface area contributed by atoms with E-state index < -0.39 is 5.97 Å². The number of ketones is 1. The fourth-order valence-corrected chi connectivity index (χ4v) is 3.16. The van der Waals surface area contributed by atoms with Crippen molar-refractivity contribution >= 4 is 29.0 Å². The molecule has 0 aliphatic carbocycles. The molecule has 1 amide bonds. The Morgan fingerprint density at radius 3 is 2.44 bits per heavy atom. The van der Waals surface area contributed by atoms with E-state index in [4.69, 9.17) is 4.74 Å². The topological polar surface area (TPSA) is 72.5 Å². The monoisotopic (exact) mass is 387 g/mol. The van der Waals surface area contributed by atoms with Crippen LogP contribution in [0.25, 0.3) is 0 Å². The number of benzene rings is 1. The summed E-state index contributed by atoms with van der Waals surface area (Å²) in [5, 5.41) is 4.54. The third-order valence-corrected chi connectivity index (χ3v) is 5.01. The summed E-state index contributed by atoms with van der Waals surface area (Å²) in [6.07, 6.45) is 0.785. The molecule has 2 rings (SSSR count). The van der Waals surface area contributed by atoms with Crippen molar-refractivity contribution < 1.29 is 19.1 Å². The number of carbonyl (C=O) groups excluding carboxylic acids is 3. The van der Waals surface area contributed by atoms with E-state index in [9.17, 15) is 14.4 Å². The summed E-state index contributed by atoms with van der Waals surface area (Å²) in [6.45, 7) is 4.45. The van der Waals surface area contributed by atoms with Crippen molar-refractivity contribution in [3.8, 4) is 0 Å². The zero-order valence-corrected chi connectivity index (χ0v) is 16.5. The lowest BCUT2D eigenvalue weighted by Gasteiger charge is -2.08. The summed E-state index contributed by atoms with van der Waals surface area (Å²) in [4.78, 5) is 35.8. The lowest BCUT2D eigenvalue weighted by Crippen LogP contribution is -2.30. The molecule has 0 aliphatic rings. The van der Waals surface area contributed by atoms with E-state index in [1.54, 1.807) is 12.1 Å². The molecule has 0 bridgehead atoms. The predicted molar refractivity (Wildman–Crippen MR) is 106 cm³/mol. The first-order valence-electron chi connectivity index (χ1n) is 9.03. The van der Waals surface area contributed by atoms with Crippen molar-refractivity contribution in [2.24, 2.45) is 0 Å². The lowest BCUT2D eigenvalue weighted by atomic mass is 10.0. The molecule has 0 radical (unpaired) electrons. The Hall–Kier alpha value is -2.47. The van der Waals surface area contributed by atoms with Crippen molar-refractivity contribution in [3.05, 3.63) is 57.8 Å². The molecular formula is C21H25NO4S. The van der Waals surface area contributed by atoms with E-state index in [0.29, 0.717) is 23.8 Å². The van der Waals surface area contributed by atoms with Gasteiger partial charge in [-0.05, 0) is 34.9 Å². The van der Waals surface area contributed by atoms with Crippen molar-refractivity contribution in [1.29, 1.82) is 0 Å². The first-order valence-corrected chi connectivity index (χ1v) is 9.91. The fraction of sp³-hybridized carbons (Fsp3) is 0.381. The van der Waals surface area contributed by atoms with Gasteiger partial charge in [-0.15, -0.1) is 11.3 Å². The molecule has 0 atom stereocenters. The van der Waals surface area contributed by atoms with Crippen LogP contribution in [-0.2, 0) is 20.7 Å². The van der Waals surface area contributed by atoms with Crippen LogP contribution in [0, 0.1) is 0 Å². The van der Waals surface area contributed by atoms with Gasteiger partial charge in [0.05, 0.1) is 11.3 Å². The third kappa shape index (κ3) is 7.35. The second kappa shape index (κ2) is 10.6. The van der Waals surface area contributed by atoms with Crippen molar-refractivity contribution in [3.63, 3.8) is 0 Å². The van der Waals surface area contributed by atoms with Crippen LogP contribution in [0.3, 0.4) is 0 Å². The highest BCUT2D eigenvalue weighted by Gasteiger charge is 2.12. The van der Waals surface area contributed by atoms with Gasteiger partial charge in [-0.25, -0.2) is 0 Å². The van der Waals surface area contributed by atoms with Crippen LogP contribution in [0.5, 0.6) is 0 Å². The highest BCUT2D eigenvalue weighted by atomic mass is 32.1. The molecule has 0 saturated heterocycles. The zero-order valence-electron chi connectivity index (χ0n) is 15.7. The number of thiophene rings is 1. The smallest absolute Gasteiger partial charge is 0.306 e. The van der Waals surface area contributed by atoms with Gasteiger partial charge in [0, 0.05) is 13.0 Å². The van der Waals surface area contributed by atoms with Gasteiger partial charge in [0.15, 0.2) is 12.4 Å². The maximum atomic E-state index is 11.8. The Morgan fingerprint density at radius 2 is 1.81 bits per heavy atom. The van der Waals surface area contributed by atoms with E-state index in [2.05, 4.69) is 43.4 Å². The van der Waals surface area contributed by atoms with E-state index in [-0.39, 0.29) is 31.1 Å². The minimum absolute atomic E-state index is 0.0216. The molecular weight excluding hydrogens is 362 g/mol. The second-order valence-corrected chi connectivity index (χ2v) is 7.51. The van der Waals surface area contributed by atoms with Crippen molar-refractivity contribution in [1.82, 2.24) is 5.32 Å². The Morgan fingerprint density at radius 1 is 1.07 bits per heavy atom. The van der Waals surface area contributed by atoms with Crippen LogP contribution in [-0.4, -0.2) is 30.8 Å². The first-order chi connectivity index (χ1) is 13.0. The molecule has 6 heteroatoms. The number of hydrogen-bond donors (Lipinski definition) is 1. The maximum Gasteiger partial charge on any atom is 0.306 e. The summed E-state index contributed by atoms with van der Waals surface area (Å²) < 4.78 is 4.92. The average molecular weight is 388 g/mol. The van der Waals surface area contributed by atoms with E-state index in [1.807, 2.05) is 5.38 Å². The normalized spacial score (nSPS) is 10.6. The molecule has 0 spiro atoms. The highest BCUT2D eigenvalue weighted by Crippen LogP contribution is 2.15. The Labute approximate surface area is 163 Å². The van der Waals surface area contributed by atoms with Gasteiger partial charge in [-0.3, -0.25) is 14.4 Å².